The van der Waals surface area contributed by atoms with Gasteiger partial charge in [-0.3, -0.25) is 4.68 Å². The quantitative estimate of drug-likeness (QED) is 0.721. The Morgan fingerprint density at radius 2 is 2.36 bits per heavy atom. The van der Waals surface area contributed by atoms with Gasteiger partial charge in [0.25, 0.3) is 0 Å². The summed E-state index contributed by atoms with van der Waals surface area (Å²) in [5.74, 6) is 0. The second kappa shape index (κ2) is 4.13. The molecule has 0 atom stereocenters. The SMILES string of the molecule is CC1(CNCCn2cccn2)CCC1. The van der Waals surface area contributed by atoms with Crippen LogP contribution in [0, 0.1) is 5.41 Å². The van der Waals surface area contributed by atoms with Crippen molar-refractivity contribution in [2.45, 2.75) is 32.7 Å². The monoisotopic (exact) mass is 193 g/mol. The Morgan fingerprint density at radius 3 is 2.93 bits per heavy atom. The van der Waals surface area contributed by atoms with Crippen LogP contribution in [-0.4, -0.2) is 22.9 Å². The summed E-state index contributed by atoms with van der Waals surface area (Å²) in [7, 11) is 0. The van der Waals surface area contributed by atoms with E-state index >= 15 is 0 Å². The highest BCUT2D eigenvalue weighted by molar-refractivity contribution is 4.85. The maximum atomic E-state index is 4.16. The summed E-state index contributed by atoms with van der Waals surface area (Å²) in [6.45, 7) is 5.53. The summed E-state index contributed by atoms with van der Waals surface area (Å²) < 4.78 is 1.97. The second-order valence-corrected chi connectivity index (χ2v) is 4.61. The van der Waals surface area contributed by atoms with Crippen LogP contribution in [0.5, 0.6) is 0 Å². The number of hydrogen-bond acceptors (Lipinski definition) is 2. The molecule has 3 nitrogen and oxygen atoms in total. The zero-order valence-corrected chi connectivity index (χ0v) is 8.87. The molecule has 0 bridgehead atoms. The minimum atomic E-state index is 0.587. The van der Waals surface area contributed by atoms with Gasteiger partial charge in [-0.15, -0.1) is 0 Å². The predicted molar refractivity (Wildman–Crippen MR) is 57.1 cm³/mol. The number of nitrogens with one attached hydrogen (secondary N) is 1. The average Bonchev–Trinajstić information content (AvgIpc) is 2.62. The van der Waals surface area contributed by atoms with E-state index in [0.29, 0.717) is 5.41 Å². The average molecular weight is 193 g/mol. The smallest absolute Gasteiger partial charge is 0.0533 e. The molecule has 1 aliphatic carbocycles. The van der Waals surface area contributed by atoms with Gasteiger partial charge in [0.1, 0.15) is 0 Å². The molecule has 14 heavy (non-hydrogen) atoms. The molecule has 78 valence electrons. The lowest BCUT2D eigenvalue weighted by atomic mass is 9.70. The molecule has 0 aromatic carbocycles. The summed E-state index contributed by atoms with van der Waals surface area (Å²) in [5.41, 5.74) is 0.587. The van der Waals surface area contributed by atoms with Crippen molar-refractivity contribution in [3.8, 4) is 0 Å². The Balaban J connectivity index is 1.59. The molecule has 1 heterocycles. The van der Waals surface area contributed by atoms with Crippen LogP contribution >= 0.6 is 0 Å². The molecule has 0 saturated heterocycles. The minimum absolute atomic E-state index is 0.587. The Bertz CT molecular complexity index is 262. The fourth-order valence-corrected chi connectivity index (χ4v) is 1.97. The summed E-state index contributed by atoms with van der Waals surface area (Å²) in [4.78, 5) is 0. The van der Waals surface area contributed by atoms with Gasteiger partial charge in [0, 0.05) is 25.5 Å². The predicted octanol–water partition coefficient (Wildman–Crippen LogP) is 1.66. The van der Waals surface area contributed by atoms with E-state index in [-0.39, 0.29) is 0 Å². The van der Waals surface area contributed by atoms with Crippen molar-refractivity contribution in [1.82, 2.24) is 15.1 Å². The van der Waals surface area contributed by atoms with Crippen molar-refractivity contribution in [2.75, 3.05) is 13.1 Å². The highest BCUT2D eigenvalue weighted by Crippen LogP contribution is 2.39. The third-order valence-electron chi connectivity index (χ3n) is 3.19. The fraction of sp³-hybridized carbons (Fsp3) is 0.727. The highest BCUT2D eigenvalue weighted by atomic mass is 15.3. The van der Waals surface area contributed by atoms with Crippen LogP contribution in [0.2, 0.25) is 0 Å². The number of rotatable bonds is 5. The second-order valence-electron chi connectivity index (χ2n) is 4.61. The van der Waals surface area contributed by atoms with Crippen molar-refractivity contribution < 1.29 is 0 Å². The molecule has 1 fully saturated rings. The summed E-state index contributed by atoms with van der Waals surface area (Å²) in [5, 5.41) is 7.67. The van der Waals surface area contributed by atoms with Crippen molar-refractivity contribution in [3.05, 3.63) is 18.5 Å². The van der Waals surface area contributed by atoms with Crippen molar-refractivity contribution in [2.24, 2.45) is 5.41 Å². The van der Waals surface area contributed by atoms with Gasteiger partial charge in [-0.05, 0) is 24.3 Å². The minimum Gasteiger partial charge on any atom is -0.314 e. The highest BCUT2D eigenvalue weighted by Gasteiger charge is 2.30. The van der Waals surface area contributed by atoms with Crippen LogP contribution in [0.3, 0.4) is 0 Å². The first-order valence-electron chi connectivity index (χ1n) is 5.47. The van der Waals surface area contributed by atoms with Crippen LogP contribution in [0.15, 0.2) is 18.5 Å². The molecule has 0 radical (unpaired) electrons. The van der Waals surface area contributed by atoms with E-state index in [2.05, 4.69) is 17.3 Å². The molecule has 1 aromatic rings. The molecule has 0 aliphatic heterocycles. The van der Waals surface area contributed by atoms with Crippen LogP contribution < -0.4 is 5.32 Å². The van der Waals surface area contributed by atoms with Crippen LogP contribution in [-0.2, 0) is 6.54 Å². The van der Waals surface area contributed by atoms with Gasteiger partial charge in [0.05, 0.1) is 6.54 Å². The van der Waals surface area contributed by atoms with E-state index in [1.807, 2.05) is 23.1 Å². The van der Waals surface area contributed by atoms with Crippen molar-refractivity contribution in [1.29, 1.82) is 0 Å². The summed E-state index contributed by atoms with van der Waals surface area (Å²) >= 11 is 0. The number of nitrogens with zero attached hydrogens (tertiary/aromatic N) is 2. The van der Waals surface area contributed by atoms with E-state index in [0.717, 1.165) is 19.6 Å². The standard InChI is InChI=1S/C11H19N3/c1-11(4-2-5-11)10-12-7-9-14-8-3-6-13-14/h3,6,8,12H,2,4-5,7,9-10H2,1H3. The molecule has 1 aliphatic rings. The zero-order chi connectivity index (χ0) is 9.86. The Hall–Kier alpha value is -0.830. The Morgan fingerprint density at radius 1 is 1.50 bits per heavy atom. The fourth-order valence-electron chi connectivity index (χ4n) is 1.97. The van der Waals surface area contributed by atoms with E-state index in [1.165, 1.54) is 19.3 Å². The first-order valence-corrected chi connectivity index (χ1v) is 5.47. The molecule has 0 amide bonds. The first-order chi connectivity index (χ1) is 6.79. The topological polar surface area (TPSA) is 29.9 Å². The maximum absolute atomic E-state index is 4.16. The van der Waals surface area contributed by atoms with Crippen LogP contribution in [0.4, 0.5) is 0 Å². The maximum Gasteiger partial charge on any atom is 0.0533 e. The van der Waals surface area contributed by atoms with E-state index < -0.39 is 0 Å². The molecule has 1 N–H and O–H groups in total. The van der Waals surface area contributed by atoms with Gasteiger partial charge in [-0.2, -0.15) is 5.10 Å². The molecular formula is C11H19N3. The lowest BCUT2D eigenvalue weighted by Gasteiger charge is -2.38. The third-order valence-corrected chi connectivity index (χ3v) is 3.19. The van der Waals surface area contributed by atoms with E-state index in [4.69, 9.17) is 0 Å². The van der Waals surface area contributed by atoms with E-state index in [9.17, 15) is 0 Å². The van der Waals surface area contributed by atoms with Crippen molar-refractivity contribution >= 4 is 0 Å². The molecule has 0 spiro atoms. The van der Waals surface area contributed by atoms with Gasteiger partial charge in [0.15, 0.2) is 0 Å². The number of hydrogen-bond donors (Lipinski definition) is 1. The molecular weight excluding hydrogens is 174 g/mol. The van der Waals surface area contributed by atoms with Crippen LogP contribution in [0.25, 0.3) is 0 Å². The number of aromatic nitrogens is 2. The van der Waals surface area contributed by atoms with Gasteiger partial charge in [-0.25, -0.2) is 0 Å². The van der Waals surface area contributed by atoms with Gasteiger partial charge < -0.3 is 5.32 Å². The summed E-state index contributed by atoms with van der Waals surface area (Å²) in [6.07, 6.45) is 8.03. The van der Waals surface area contributed by atoms with Gasteiger partial charge >= 0.3 is 0 Å². The largest absolute Gasteiger partial charge is 0.314 e. The Kier molecular flexibility index (Phi) is 2.87. The summed E-state index contributed by atoms with van der Waals surface area (Å²) in [6, 6.07) is 1.97. The first kappa shape index (κ1) is 9.71. The third kappa shape index (κ3) is 2.35. The molecule has 1 aromatic heterocycles. The van der Waals surface area contributed by atoms with Gasteiger partial charge in [-0.1, -0.05) is 13.3 Å². The molecule has 0 unspecified atom stereocenters. The zero-order valence-electron chi connectivity index (χ0n) is 8.87. The molecule has 3 heteroatoms. The van der Waals surface area contributed by atoms with Gasteiger partial charge in [0.2, 0.25) is 0 Å². The van der Waals surface area contributed by atoms with Crippen molar-refractivity contribution in [3.63, 3.8) is 0 Å². The lowest BCUT2D eigenvalue weighted by Crippen LogP contribution is -2.38. The Labute approximate surface area is 85.5 Å². The molecule has 1 saturated carbocycles. The normalized spacial score (nSPS) is 19.2. The lowest BCUT2D eigenvalue weighted by molar-refractivity contribution is 0.156. The van der Waals surface area contributed by atoms with E-state index in [1.54, 1.807) is 0 Å². The molecule has 2 rings (SSSR count). The van der Waals surface area contributed by atoms with Crippen LogP contribution in [0.1, 0.15) is 26.2 Å².